The fourth-order valence-electron chi connectivity index (χ4n) is 7.57. The van der Waals surface area contributed by atoms with E-state index in [1.165, 1.54) is 141 Å². The number of amides is 1. The molecule has 332 valence electrons. The minimum absolute atomic E-state index is 0.264. The Morgan fingerprint density at radius 1 is 0.589 bits per heavy atom. The van der Waals surface area contributed by atoms with Gasteiger partial charge in [-0.15, -0.1) is 0 Å². The molecule has 0 bridgehead atoms. The maximum absolute atomic E-state index is 13.0. The number of nitrogens with one attached hydrogen (secondary N) is 1. The van der Waals surface area contributed by atoms with Gasteiger partial charge in [0, 0.05) is 0 Å². The van der Waals surface area contributed by atoms with Gasteiger partial charge in [-0.05, 0) is 38.5 Å². The predicted molar refractivity (Wildman–Crippen MR) is 227 cm³/mol. The van der Waals surface area contributed by atoms with Crippen LogP contribution in [0, 0.1) is 0 Å². The third-order valence-corrected chi connectivity index (χ3v) is 11.5. The molecule has 8 atom stereocenters. The van der Waals surface area contributed by atoms with Gasteiger partial charge in [0.2, 0.25) is 5.91 Å². The summed E-state index contributed by atoms with van der Waals surface area (Å²) < 4.78 is 11.2. The molecule has 1 amide bonds. The minimum Gasteiger partial charge on any atom is -0.394 e. The highest BCUT2D eigenvalue weighted by molar-refractivity contribution is 5.80. The van der Waals surface area contributed by atoms with Crippen LogP contribution in [0.25, 0.3) is 0 Å². The Balaban J connectivity index is 2.37. The highest BCUT2D eigenvalue weighted by atomic mass is 16.7. The normalized spacial score (nSPS) is 21.8. The Morgan fingerprint density at radius 2 is 1.00 bits per heavy atom. The van der Waals surface area contributed by atoms with Gasteiger partial charge >= 0.3 is 0 Å². The molecule has 7 N–H and O–H groups in total. The fourth-order valence-corrected chi connectivity index (χ4v) is 7.57. The molecule has 1 fully saturated rings. The van der Waals surface area contributed by atoms with Crippen LogP contribution in [0.3, 0.4) is 0 Å². The van der Waals surface area contributed by atoms with Crippen molar-refractivity contribution in [3.05, 3.63) is 12.2 Å². The molecular weight excluding hydrogens is 711 g/mol. The number of hydrogen-bond acceptors (Lipinski definition) is 9. The van der Waals surface area contributed by atoms with E-state index in [4.69, 9.17) is 9.47 Å². The lowest BCUT2D eigenvalue weighted by atomic mass is 9.99. The Kier molecular flexibility index (Phi) is 34.9. The van der Waals surface area contributed by atoms with Gasteiger partial charge < -0.3 is 45.4 Å². The van der Waals surface area contributed by atoms with E-state index >= 15 is 0 Å². The summed E-state index contributed by atoms with van der Waals surface area (Å²) in [4.78, 5) is 13.0. The van der Waals surface area contributed by atoms with Crippen LogP contribution in [0.15, 0.2) is 12.2 Å². The van der Waals surface area contributed by atoms with Gasteiger partial charge in [0.15, 0.2) is 6.29 Å². The molecule has 10 heteroatoms. The van der Waals surface area contributed by atoms with E-state index < -0.39 is 61.5 Å². The van der Waals surface area contributed by atoms with Crippen LogP contribution in [0.4, 0.5) is 0 Å². The topological polar surface area (TPSA) is 169 Å². The van der Waals surface area contributed by atoms with Crippen LogP contribution in [-0.2, 0) is 14.3 Å². The first-order valence-corrected chi connectivity index (χ1v) is 23.5. The molecule has 0 radical (unpaired) electrons. The molecule has 0 saturated carbocycles. The zero-order valence-electron chi connectivity index (χ0n) is 36.0. The summed E-state index contributed by atoms with van der Waals surface area (Å²) in [6.07, 6.45) is 31.2. The van der Waals surface area contributed by atoms with Crippen LogP contribution >= 0.6 is 0 Å². The summed E-state index contributed by atoms with van der Waals surface area (Å²) in [5.41, 5.74) is 0. The van der Waals surface area contributed by atoms with E-state index in [1.807, 2.05) is 0 Å². The van der Waals surface area contributed by atoms with E-state index in [0.29, 0.717) is 12.8 Å². The zero-order valence-corrected chi connectivity index (χ0v) is 36.0. The summed E-state index contributed by atoms with van der Waals surface area (Å²) >= 11 is 0. The Hall–Kier alpha value is -1.11. The molecule has 10 nitrogen and oxygen atoms in total. The number of hydrogen-bond donors (Lipinski definition) is 7. The first-order chi connectivity index (χ1) is 27.3. The standard InChI is InChI=1S/C46H89NO9/c1-3-5-7-9-11-13-15-17-18-19-20-21-23-25-27-29-31-33-35-40(50)45(54)47-38(37-55-46-44(53)43(52)42(51)41(36-48)56-46)39(49)34-32-30-28-26-24-22-16-14-12-10-8-6-4-2/h24,26,38-44,46,48-53H,3-23,25,27-37H2,1-2H3,(H,47,54)/b26-24+/t38-,39+,40+,41+,42+,43?,44?,46+/m0/s1. The maximum Gasteiger partial charge on any atom is 0.249 e. The number of aliphatic hydroxyl groups is 6. The summed E-state index contributed by atoms with van der Waals surface area (Å²) in [5.74, 6) is -0.591. The Morgan fingerprint density at radius 3 is 1.46 bits per heavy atom. The summed E-state index contributed by atoms with van der Waals surface area (Å²) in [7, 11) is 0. The highest BCUT2D eigenvalue weighted by Crippen LogP contribution is 2.23. The van der Waals surface area contributed by atoms with Gasteiger partial charge in [-0.25, -0.2) is 0 Å². The van der Waals surface area contributed by atoms with E-state index in [2.05, 4.69) is 31.3 Å². The first kappa shape index (κ1) is 52.9. The van der Waals surface area contributed by atoms with Crippen LogP contribution in [0.2, 0.25) is 0 Å². The quantitative estimate of drug-likeness (QED) is 0.0238. The van der Waals surface area contributed by atoms with Gasteiger partial charge in [-0.2, -0.15) is 0 Å². The van der Waals surface area contributed by atoms with Crippen LogP contribution in [0.5, 0.6) is 0 Å². The van der Waals surface area contributed by atoms with Crippen molar-refractivity contribution in [1.82, 2.24) is 5.32 Å². The monoisotopic (exact) mass is 800 g/mol. The summed E-state index contributed by atoms with van der Waals surface area (Å²) in [6, 6.07) is -0.905. The van der Waals surface area contributed by atoms with Crippen molar-refractivity contribution in [2.45, 2.75) is 262 Å². The van der Waals surface area contributed by atoms with E-state index in [-0.39, 0.29) is 6.61 Å². The summed E-state index contributed by atoms with van der Waals surface area (Å²) in [6.45, 7) is 3.65. The second-order valence-electron chi connectivity index (χ2n) is 16.7. The van der Waals surface area contributed by atoms with E-state index in [9.17, 15) is 35.4 Å². The van der Waals surface area contributed by atoms with Crippen molar-refractivity contribution in [3.63, 3.8) is 0 Å². The van der Waals surface area contributed by atoms with Crippen molar-refractivity contribution >= 4 is 5.91 Å². The molecule has 1 aliphatic heterocycles. The molecule has 0 aromatic rings. The zero-order chi connectivity index (χ0) is 41.1. The fraction of sp³-hybridized carbons (Fsp3) is 0.935. The molecule has 2 unspecified atom stereocenters. The number of rotatable bonds is 39. The number of carbonyl (C=O) groups excluding carboxylic acids is 1. The molecular formula is C46H89NO9. The second kappa shape index (κ2) is 36.9. The number of carbonyl (C=O) groups is 1. The first-order valence-electron chi connectivity index (χ1n) is 23.5. The number of allylic oxidation sites excluding steroid dienone is 2. The Bertz CT molecular complexity index is 906. The van der Waals surface area contributed by atoms with Gasteiger partial charge in [-0.1, -0.05) is 187 Å². The highest BCUT2D eigenvalue weighted by Gasteiger charge is 2.44. The Labute approximate surface area is 342 Å². The molecule has 1 heterocycles. The SMILES string of the molecule is CCCCCCCCC/C=C/CCCC[C@@H](O)[C@H](CO[C@@H]1O[C@H](CO)[C@@H](O)C(O)C1O)NC(=O)[C@H](O)CCCCCCCCCCCCCCCCCCCC. The lowest BCUT2D eigenvalue weighted by Crippen LogP contribution is -2.60. The molecule has 56 heavy (non-hydrogen) atoms. The van der Waals surface area contributed by atoms with Crippen molar-refractivity contribution in [2.24, 2.45) is 0 Å². The number of unbranched alkanes of at least 4 members (excludes halogenated alkanes) is 26. The third kappa shape index (κ3) is 26.8. The lowest BCUT2D eigenvalue weighted by Gasteiger charge is -2.40. The predicted octanol–water partition coefficient (Wildman–Crippen LogP) is 8.70. The molecule has 1 rings (SSSR count). The van der Waals surface area contributed by atoms with Crippen LogP contribution < -0.4 is 5.32 Å². The van der Waals surface area contributed by atoms with Crippen molar-refractivity contribution in [2.75, 3.05) is 13.2 Å². The average molecular weight is 800 g/mol. The second-order valence-corrected chi connectivity index (χ2v) is 16.7. The largest absolute Gasteiger partial charge is 0.394 e. The van der Waals surface area contributed by atoms with E-state index in [1.54, 1.807) is 0 Å². The average Bonchev–Trinajstić information content (AvgIpc) is 3.20. The maximum atomic E-state index is 13.0. The lowest BCUT2D eigenvalue weighted by molar-refractivity contribution is -0.302. The van der Waals surface area contributed by atoms with Crippen LogP contribution in [0.1, 0.15) is 213 Å². The third-order valence-electron chi connectivity index (χ3n) is 11.5. The van der Waals surface area contributed by atoms with Gasteiger partial charge in [0.1, 0.15) is 30.5 Å². The molecule has 1 aliphatic rings. The molecule has 0 aromatic heterocycles. The molecule has 0 aromatic carbocycles. The number of ether oxygens (including phenoxy) is 2. The molecule has 0 aliphatic carbocycles. The molecule has 0 spiro atoms. The summed E-state index contributed by atoms with van der Waals surface area (Å²) in [5, 5.41) is 64.8. The van der Waals surface area contributed by atoms with Crippen molar-refractivity contribution in [1.29, 1.82) is 0 Å². The van der Waals surface area contributed by atoms with Crippen molar-refractivity contribution < 1.29 is 44.9 Å². The smallest absolute Gasteiger partial charge is 0.249 e. The number of aliphatic hydroxyl groups excluding tert-OH is 6. The van der Waals surface area contributed by atoms with Gasteiger partial charge in [0.25, 0.3) is 0 Å². The van der Waals surface area contributed by atoms with Crippen molar-refractivity contribution in [3.8, 4) is 0 Å². The molecule has 1 saturated heterocycles. The minimum atomic E-state index is -1.60. The van der Waals surface area contributed by atoms with Gasteiger partial charge in [-0.3, -0.25) is 4.79 Å². The van der Waals surface area contributed by atoms with Gasteiger partial charge in [0.05, 0.1) is 25.4 Å². The van der Waals surface area contributed by atoms with E-state index in [0.717, 1.165) is 44.9 Å². The van der Waals surface area contributed by atoms with Crippen LogP contribution in [-0.4, -0.2) is 98.7 Å².